The molecule has 31 heavy (non-hydrogen) atoms. The molecule has 0 N–H and O–H groups in total. The van der Waals surface area contributed by atoms with Crippen molar-refractivity contribution in [3.8, 4) is 0 Å². The number of alkyl halides is 3. The Labute approximate surface area is 176 Å². The summed E-state index contributed by atoms with van der Waals surface area (Å²) in [5.41, 5.74) is 0.169. The van der Waals surface area contributed by atoms with E-state index in [9.17, 15) is 27.6 Å². The van der Waals surface area contributed by atoms with Crippen molar-refractivity contribution in [1.82, 2.24) is 9.80 Å². The second-order valence-corrected chi connectivity index (χ2v) is 7.78. The van der Waals surface area contributed by atoms with Crippen molar-refractivity contribution in [3.63, 3.8) is 0 Å². The van der Waals surface area contributed by atoms with Crippen molar-refractivity contribution in [2.45, 2.75) is 38.4 Å². The molecular formula is C22H21F3N2O4. The van der Waals surface area contributed by atoms with Crippen LogP contribution < -0.4 is 0 Å². The maximum atomic E-state index is 13.0. The average Bonchev–Trinajstić information content (AvgIpc) is 3.09. The van der Waals surface area contributed by atoms with E-state index in [1.54, 1.807) is 6.07 Å². The highest BCUT2D eigenvalue weighted by Crippen LogP contribution is 2.30. The van der Waals surface area contributed by atoms with Gasteiger partial charge in [-0.05, 0) is 24.1 Å². The maximum Gasteiger partial charge on any atom is 0.416 e. The Kier molecular flexibility index (Phi) is 5.60. The number of hydrogen-bond acceptors (Lipinski definition) is 4. The summed E-state index contributed by atoms with van der Waals surface area (Å²) >= 11 is 0. The number of hydrogen-bond donors (Lipinski definition) is 0. The van der Waals surface area contributed by atoms with Crippen LogP contribution in [0.25, 0.3) is 0 Å². The molecule has 1 aromatic carbocycles. The Morgan fingerprint density at radius 1 is 1.06 bits per heavy atom. The van der Waals surface area contributed by atoms with E-state index in [1.165, 1.54) is 22.1 Å². The normalized spacial score (nSPS) is 17.5. The van der Waals surface area contributed by atoms with Gasteiger partial charge in [-0.15, -0.1) is 0 Å². The number of carbonyl (C=O) groups is 3. The first kappa shape index (κ1) is 21.1. The van der Waals surface area contributed by atoms with Crippen molar-refractivity contribution < 1.29 is 32.0 Å². The number of aryl methyl sites for hydroxylation is 1. The highest BCUT2D eigenvalue weighted by Gasteiger charge is 2.33. The molecule has 0 radical (unpaired) electrons. The molecule has 2 aromatic rings. The van der Waals surface area contributed by atoms with Crippen LogP contribution in [0.4, 0.5) is 13.2 Å². The average molecular weight is 434 g/mol. The predicted molar refractivity (Wildman–Crippen MR) is 103 cm³/mol. The van der Waals surface area contributed by atoms with Crippen LogP contribution in [-0.2, 0) is 23.9 Å². The standard InChI is InChI=1S/C22H21F3N2O4/c23-22(24,25)15-4-1-3-14(11-15)12-27-10-9-26(8-7-19(27)29)21(30)16-13-31-18-6-2-5-17(28)20(16)18/h1,3-4,11,13H,2,5-10,12H2. The van der Waals surface area contributed by atoms with Crippen molar-refractivity contribution in [3.05, 3.63) is 58.5 Å². The Balaban J connectivity index is 1.47. The Morgan fingerprint density at radius 3 is 2.65 bits per heavy atom. The lowest BCUT2D eigenvalue weighted by molar-refractivity contribution is -0.137. The number of rotatable bonds is 3. The fourth-order valence-electron chi connectivity index (χ4n) is 4.05. The lowest BCUT2D eigenvalue weighted by atomic mass is 9.94. The van der Waals surface area contributed by atoms with Gasteiger partial charge in [0, 0.05) is 45.4 Å². The third-order valence-electron chi connectivity index (χ3n) is 5.69. The van der Waals surface area contributed by atoms with Gasteiger partial charge in [-0.1, -0.05) is 12.1 Å². The quantitative estimate of drug-likeness (QED) is 0.739. The van der Waals surface area contributed by atoms with Gasteiger partial charge in [0.1, 0.15) is 12.0 Å². The fourth-order valence-corrected chi connectivity index (χ4v) is 4.05. The number of Topliss-reactive ketones (excluding diaryl/α,β-unsaturated/α-hetero) is 1. The van der Waals surface area contributed by atoms with Gasteiger partial charge in [0.15, 0.2) is 5.78 Å². The molecule has 164 valence electrons. The van der Waals surface area contributed by atoms with Gasteiger partial charge in [-0.2, -0.15) is 13.2 Å². The largest absolute Gasteiger partial charge is 0.468 e. The van der Waals surface area contributed by atoms with Crippen LogP contribution in [0.1, 0.15) is 56.9 Å². The molecular weight excluding hydrogens is 413 g/mol. The molecule has 1 aliphatic heterocycles. The van der Waals surface area contributed by atoms with Crippen LogP contribution >= 0.6 is 0 Å². The van der Waals surface area contributed by atoms with E-state index >= 15 is 0 Å². The van der Waals surface area contributed by atoms with Gasteiger partial charge in [0.2, 0.25) is 5.91 Å². The fraction of sp³-hybridized carbons (Fsp3) is 0.409. The Bertz CT molecular complexity index is 1030. The third-order valence-corrected chi connectivity index (χ3v) is 5.69. The van der Waals surface area contributed by atoms with Gasteiger partial charge in [0.05, 0.1) is 16.7 Å². The van der Waals surface area contributed by atoms with Gasteiger partial charge in [0.25, 0.3) is 5.91 Å². The molecule has 1 aromatic heterocycles. The maximum absolute atomic E-state index is 13.0. The molecule has 0 spiro atoms. The van der Waals surface area contributed by atoms with E-state index in [4.69, 9.17) is 4.42 Å². The predicted octanol–water partition coefficient (Wildman–Crippen LogP) is 3.69. The molecule has 2 aliphatic rings. The van der Waals surface area contributed by atoms with Gasteiger partial charge < -0.3 is 14.2 Å². The first-order valence-electron chi connectivity index (χ1n) is 10.1. The van der Waals surface area contributed by atoms with Crippen LogP contribution in [0, 0.1) is 0 Å². The number of nitrogens with zero attached hydrogens (tertiary/aromatic N) is 2. The summed E-state index contributed by atoms with van der Waals surface area (Å²) in [7, 11) is 0. The molecule has 4 rings (SSSR count). The van der Waals surface area contributed by atoms with E-state index in [2.05, 4.69) is 0 Å². The molecule has 2 amide bonds. The van der Waals surface area contributed by atoms with Crippen LogP contribution in [0.2, 0.25) is 0 Å². The zero-order valence-corrected chi connectivity index (χ0v) is 16.7. The van der Waals surface area contributed by atoms with Crippen LogP contribution in [0.5, 0.6) is 0 Å². The molecule has 9 heteroatoms. The molecule has 2 heterocycles. The molecule has 0 saturated carbocycles. The van der Waals surface area contributed by atoms with E-state index in [1.807, 2.05) is 0 Å². The second kappa shape index (κ2) is 8.20. The highest BCUT2D eigenvalue weighted by atomic mass is 19.4. The van der Waals surface area contributed by atoms with Crippen molar-refractivity contribution in [1.29, 1.82) is 0 Å². The molecule has 6 nitrogen and oxygen atoms in total. The van der Waals surface area contributed by atoms with Crippen LogP contribution in [0.3, 0.4) is 0 Å². The Morgan fingerprint density at radius 2 is 1.87 bits per heavy atom. The van der Waals surface area contributed by atoms with Gasteiger partial charge in [-0.3, -0.25) is 14.4 Å². The SMILES string of the molecule is O=C1CCCc2occ(C(=O)N3CCC(=O)N(Cc4cccc(C(F)(F)F)c4)CC3)c21. The zero-order valence-electron chi connectivity index (χ0n) is 16.7. The van der Waals surface area contributed by atoms with E-state index in [0.29, 0.717) is 36.1 Å². The molecule has 1 fully saturated rings. The second-order valence-electron chi connectivity index (χ2n) is 7.78. The van der Waals surface area contributed by atoms with Crippen molar-refractivity contribution in [2.75, 3.05) is 19.6 Å². The summed E-state index contributed by atoms with van der Waals surface area (Å²) in [4.78, 5) is 40.8. The first-order chi connectivity index (χ1) is 14.7. The lowest BCUT2D eigenvalue weighted by Gasteiger charge is -2.23. The summed E-state index contributed by atoms with van der Waals surface area (Å²) in [6, 6.07) is 4.88. The molecule has 1 aliphatic carbocycles. The lowest BCUT2D eigenvalue weighted by Crippen LogP contribution is -2.36. The summed E-state index contributed by atoms with van der Waals surface area (Å²) in [6.45, 7) is 0.613. The number of benzene rings is 1. The molecule has 0 unspecified atom stereocenters. The summed E-state index contributed by atoms with van der Waals surface area (Å²) in [6.07, 6.45) is -1.42. The van der Waals surface area contributed by atoms with Crippen LogP contribution in [0.15, 0.2) is 34.9 Å². The third kappa shape index (κ3) is 4.35. The number of halogens is 3. The van der Waals surface area contributed by atoms with Crippen molar-refractivity contribution >= 4 is 17.6 Å². The zero-order chi connectivity index (χ0) is 22.2. The molecule has 1 saturated heterocycles. The highest BCUT2D eigenvalue weighted by molar-refractivity contribution is 6.09. The number of fused-ring (bicyclic) bond motifs is 1. The topological polar surface area (TPSA) is 70.8 Å². The summed E-state index contributed by atoms with van der Waals surface area (Å²) < 4.78 is 44.3. The van der Waals surface area contributed by atoms with E-state index < -0.39 is 11.7 Å². The monoisotopic (exact) mass is 434 g/mol. The minimum Gasteiger partial charge on any atom is -0.468 e. The smallest absolute Gasteiger partial charge is 0.416 e. The number of carbonyl (C=O) groups excluding carboxylic acids is 3. The first-order valence-corrected chi connectivity index (χ1v) is 10.1. The van der Waals surface area contributed by atoms with Crippen LogP contribution in [-0.4, -0.2) is 47.0 Å². The minimum absolute atomic E-state index is 0.0321. The minimum atomic E-state index is -4.46. The van der Waals surface area contributed by atoms with E-state index in [0.717, 1.165) is 12.1 Å². The van der Waals surface area contributed by atoms with Gasteiger partial charge in [-0.25, -0.2) is 0 Å². The molecule has 0 bridgehead atoms. The Hall–Kier alpha value is -3.10. The number of amides is 2. The van der Waals surface area contributed by atoms with Gasteiger partial charge >= 0.3 is 6.18 Å². The van der Waals surface area contributed by atoms with Crippen molar-refractivity contribution in [2.24, 2.45) is 0 Å². The summed E-state index contributed by atoms with van der Waals surface area (Å²) in [5, 5.41) is 0. The number of ketones is 1. The van der Waals surface area contributed by atoms with E-state index in [-0.39, 0.29) is 55.8 Å². The molecule has 0 atom stereocenters. The summed E-state index contributed by atoms with van der Waals surface area (Å²) in [5.74, 6) is -0.195. The number of furan rings is 1.